The quantitative estimate of drug-likeness (QED) is 0.0877. The number of nitrogen functional groups attached to an aromatic ring is 1. The fourth-order valence-corrected chi connectivity index (χ4v) is 6.51. The van der Waals surface area contributed by atoms with E-state index in [2.05, 4.69) is 15.5 Å². The molecule has 202 valence electrons. The Bertz CT molecular complexity index is 1480. The summed E-state index contributed by atoms with van der Waals surface area (Å²) >= 11 is 2.32. The van der Waals surface area contributed by atoms with Gasteiger partial charge in [0.1, 0.15) is 36.4 Å². The number of allylic oxidation sites excluding steroid dienone is 1. The fraction of sp³-hybridized carbons (Fsp3) is 0.292. The van der Waals surface area contributed by atoms with E-state index in [0.29, 0.717) is 30.7 Å². The molecule has 0 aliphatic carbocycles. The molecule has 0 bridgehead atoms. The number of carbonyl (C=O) groups is 4. The number of thioether (sulfide) groups is 1. The number of rotatable bonds is 7. The molecule has 5 heterocycles. The van der Waals surface area contributed by atoms with Crippen LogP contribution >= 0.6 is 23.1 Å². The molecule has 0 radical (unpaired) electrons. The summed E-state index contributed by atoms with van der Waals surface area (Å²) in [5, 5.41) is 25.7. The maximum Gasteiger partial charge on any atom is 0.352 e. The molecule has 15 heteroatoms. The molecule has 0 spiro atoms. The minimum Gasteiger partial charge on any atom is -0.477 e. The van der Waals surface area contributed by atoms with Crippen LogP contribution in [0.1, 0.15) is 17.8 Å². The summed E-state index contributed by atoms with van der Waals surface area (Å²) < 4.78 is 1.93. The van der Waals surface area contributed by atoms with Gasteiger partial charge in [-0.05, 0) is 18.1 Å². The molecular weight excluding hydrogens is 546 g/mol. The number of aromatic nitrogens is 2. The summed E-state index contributed by atoms with van der Waals surface area (Å²) in [6.07, 6.45) is 3.93. The standard InChI is InChI=1S/C24H23N7O6S2/c1-29-6-3-2-4-14(29)9-30-7-5-12(20(30)33)8-13-10-38-22-17(21(34)31(22)18(13)23(35)36)27-19(32)16(28-37)15-11-39-24(25)26-15/h2-4,6,8,11,17,22H,5,7,9-10H2,1H3,(H4-,25,26,27,32,35,36,37)/p+1/b12-8+/t17-,22-/m1/s1. The Kier molecular flexibility index (Phi) is 7.10. The number of nitrogens with zero attached hydrogens (tertiary/aromatic N) is 5. The number of anilines is 1. The highest BCUT2D eigenvalue weighted by Crippen LogP contribution is 2.41. The van der Waals surface area contributed by atoms with Gasteiger partial charge in [0.15, 0.2) is 17.0 Å². The number of β-lactam (4-membered cyclic amide) rings is 1. The summed E-state index contributed by atoms with van der Waals surface area (Å²) in [7, 11) is 1.90. The molecule has 13 nitrogen and oxygen atoms in total. The SMILES string of the molecule is C[n+]1ccccc1CN1CC/C(=C\C2=C(C(=O)O)N3C(=O)[C@@H](NC(=O)/C(=N\O)c4csc(N)n4)[C@H]3SC2)C1=O. The predicted molar refractivity (Wildman–Crippen MR) is 140 cm³/mol. The van der Waals surface area contributed by atoms with Gasteiger partial charge in [-0.15, -0.1) is 23.1 Å². The summed E-state index contributed by atoms with van der Waals surface area (Å²) in [5.74, 6) is -2.74. The Balaban J connectivity index is 1.32. The lowest BCUT2D eigenvalue weighted by Gasteiger charge is -2.49. The van der Waals surface area contributed by atoms with Gasteiger partial charge in [-0.2, -0.15) is 0 Å². The minimum absolute atomic E-state index is 0.0498. The molecule has 2 aromatic heterocycles. The third-order valence-electron chi connectivity index (χ3n) is 6.64. The van der Waals surface area contributed by atoms with Crippen molar-refractivity contribution in [3.8, 4) is 0 Å². The number of carbonyl (C=O) groups excluding carboxylic acids is 3. The molecule has 2 atom stereocenters. The zero-order valence-corrected chi connectivity index (χ0v) is 22.2. The van der Waals surface area contributed by atoms with E-state index in [1.165, 1.54) is 17.1 Å². The van der Waals surface area contributed by atoms with Gasteiger partial charge in [-0.25, -0.2) is 14.3 Å². The summed E-state index contributed by atoms with van der Waals surface area (Å²) in [6, 6.07) is 4.70. The van der Waals surface area contributed by atoms with E-state index in [0.717, 1.165) is 21.9 Å². The van der Waals surface area contributed by atoms with Crippen molar-refractivity contribution in [1.29, 1.82) is 0 Å². The molecule has 5 rings (SSSR count). The van der Waals surface area contributed by atoms with Crippen LogP contribution in [0.25, 0.3) is 0 Å². The number of hydrogen-bond donors (Lipinski definition) is 4. The summed E-state index contributed by atoms with van der Waals surface area (Å²) in [6.45, 7) is 0.926. The van der Waals surface area contributed by atoms with Crippen molar-refractivity contribution >= 4 is 57.6 Å². The highest BCUT2D eigenvalue weighted by atomic mass is 32.2. The third-order valence-corrected chi connectivity index (χ3v) is 8.62. The summed E-state index contributed by atoms with van der Waals surface area (Å²) in [5.41, 5.74) is 6.79. The number of aryl methyl sites for hydroxylation is 1. The van der Waals surface area contributed by atoms with E-state index < -0.39 is 34.9 Å². The number of pyridine rings is 1. The van der Waals surface area contributed by atoms with Gasteiger partial charge in [-0.3, -0.25) is 19.3 Å². The second-order valence-electron chi connectivity index (χ2n) is 9.01. The van der Waals surface area contributed by atoms with Crippen LogP contribution in [0.2, 0.25) is 0 Å². The van der Waals surface area contributed by atoms with Crippen LogP contribution in [0, 0.1) is 0 Å². The number of amides is 3. The summed E-state index contributed by atoms with van der Waals surface area (Å²) in [4.78, 5) is 57.7. The maximum atomic E-state index is 13.1. The average Bonchev–Trinajstić information content (AvgIpc) is 3.49. The first-order chi connectivity index (χ1) is 18.7. The molecule has 2 aromatic rings. The van der Waals surface area contributed by atoms with Gasteiger partial charge in [0, 0.05) is 35.4 Å². The molecule has 2 saturated heterocycles. The first kappa shape index (κ1) is 26.4. The van der Waals surface area contributed by atoms with E-state index in [-0.39, 0.29) is 28.2 Å². The maximum absolute atomic E-state index is 13.1. The minimum atomic E-state index is -1.31. The van der Waals surface area contributed by atoms with Crippen molar-refractivity contribution in [2.75, 3.05) is 18.0 Å². The third kappa shape index (κ3) is 4.85. The molecule has 3 aliphatic rings. The van der Waals surface area contributed by atoms with Crippen molar-refractivity contribution in [2.24, 2.45) is 12.2 Å². The largest absolute Gasteiger partial charge is 0.477 e. The fourth-order valence-electron chi connectivity index (χ4n) is 4.65. The van der Waals surface area contributed by atoms with Crippen LogP contribution in [0.5, 0.6) is 0 Å². The van der Waals surface area contributed by atoms with Crippen molar-refractivity contribution < 1.29 is 34.1 Å². The van der Waals surface area contributed by atoms with E-state index >= 15 is 0 Å². The smallest absolute Gasteiger partial charge is 0.352 e. The van der Waals surface area contributed by atoms with Crippen LogP contribution in [-0.4, -0.2) is 78.2 Å². The van der Waals surface area contributed by atoms with Crippen molar-refractivity contribution in [3.63, 3.8) is 0 Å². The van der Waals surface area contributed by atoms with E-state index in [1.807, 2.05) is 36.0 Å². The number of nitrogens with two attached hydrogens (primary N) is 1. The highest BCUT2D eigenvalue weighted by Gasteiger charge is 2.54. The number of oxime groups is 1. The average molecular weight is 571 g/mol. The van der Waals surface area contributed by atoms with Gasteiger partial charge in [0.2, 0.25) is 11.6 Å². The monoisotopic (exact) mass is 570 g/mol. The van der Waals surface area contributed by atoms with Crippen LogP contribution in [0.3, 0.4) is 0 Å². The second-order valence-corrected chi connectivity index (χ2v) is 11.0. The molecule has 0 unspecified atom stereocenters. The number of carboxylic acids is 1. The van der Waals surface area contributed by atoms with Gasteiger partial charge in [-0.1, -0.05) is 11.2 Å². The lowest BCUT2D eigenvalue weighted by Crippen LogP contribution is -2.71. The molecular formula is C24H24N7O6S2+. The normalized spacial score (nSPS) is 22.3. The van der Waals surface area contributed by atoms with Gasteiger partial charge in [0.05, 0.1) is 0 Å². The lowest BCUT2D eigenvalue weighted by atomic mass is 10.0. The number of carboxylic acid groups (broad SMARTS) is 1. The van der Waals surface area contributed by atoms with Crippen LogP contribution < -0.4 is 15.6 Å². The second kappa shape index (κ2) is 10.5. The molecule has 3 aliphatic heterocycles. The van der Waals surface area contributed by atoms with Crippen molar-refractivity contribution in [3.05, 3.63) is 64.1 Å². The Morgan fingerprint density at radius 3 is 2.82 bits per heavy atom. The van der Waals surface area contributed by atoms with Gasteiger partial charge >= 0.3 is 5.97 Å². The first-order valence-electron chi connectivity index (χ1n) is 11.8. The molecule has 39 heavy (non-hydrogen) atoms. The van der Waals surface area contributed by atoms with Crippen LogP contribution in [0.4, 0.5) is 5.13 Å². The van der Waals surface area contributed by atoms with Gasteiger partial charge in [0.25, 0.3) is 11.8 Å². The number of aliphatic carboxylic acids is 1. The Morgan fingerprint density at radius 2 is 2.15 bits per heavy atom. The Labute approximate surface area is 230 Å². The van der Waals surface area contributed by atoms with Crippen LogP contribution in [0.15, 0.2) is 57.9 Å². The molecule has 0 saturated carbocycles. The first-order valence-corrected chi connectivity index (χ1v) is 13.7. The number of nitrogens with one attached hydrogen (secondary N) is 1. The molecule has 5 N–H and O–H groups in total. The Hall–Kier alpha value is -4.24. The molecule has 2 fully saturated rings. The number of hydrogen-bond acceptors (Lipinski definition) is 10. The molecule has 3 amide bonds. The van der Waals surface area contributed by atoms with E-state index in [9.17, 15) is 29.5 Å². The van der Waals surface area contributed by atoms with E-state index in [1.54, 1.807) is 11.0 Å². The lowest BCUT2D eigenvalue weighted by molar-refractivity contribution is -0.680. The zero-order valence-electron chi connectivity index (χ0n) is 20.6. The predicted octanol–water partition coefficient (Wildman–Crippen LogP) is -0.174. The zero-order chi connectivity index (χ0) is 27.8. The number of thiazole rings is 1. The number of fused-ring (bicyclic) bond motifs is 1. The van der Waals surface area contributed by atoms with Crippen molar-refractivity contribution in [1.82, 2.24) is 20.1 Å². The number of likely N-dealkylation sites (tertiary alicyclic amines) is 1. The Morgan fingerprint density at radius 1 is 1.36 bits per heavy atom. The van der Waals surface area contributed by atoms with Gasteiger partial charge < -0.3 is 26.3 Å². The van der Waals surface area contributed by atoms with E-state index in [4.69, 9.17) is 5.73 Å². The van der Waals surface area contributed by atoms with Crippen LogP contribution in [-0.2, 0) is 32.8 Å². The van der Waals surface area contributed by atoms with Crippen molar-refractivity contribution in [2.45, 2.75) is 24.4 Å². The topological polar surface area (TPSA) is 182 Å². The highest BCUT2D eigenvalue weighted by molar-refractivity contribution is 8.00. The molecule has 0 aromatic carbocycles.